The summed E-state index contributed by atoms with van der Waals surface area (Å²) in [5.41, 5.74) is 7.62. The average molecular weight is 273 g/mol. The minimum Gasteiger partial charge on any atom is -0.491 e. The zero-order valence-corrected chi connectivity index (χ0v) is 11.5. The van der Waals surface area contributed by atoms with E-state index in [1.165, 1.54) is 0 Å². The van der Waals surface area contributed by atoms with Gasteiger partial charge in [0.2, 0.25) is 0 Å². The number of ether oxygens (including phenoxy) is 3. The molecule has 0 aliphatic heterocycles. The first-order valence-electron chi connectivity index (χ1n) is 6.47. The van der Waals surface area contributed by atoms with Crippen LogP contribution in [0.1, 0.15) is 5.56 Å². The number of hydrogen-bond donors (Lipinski definition) is 1. The molecular weight excluding hydrogens is 254 g/mol. The maximum Gasteiger partial charge on any atom is 0.142 e. The molecule has 2 N–H and O–H groups in total. The van der Waals surface area contributed by atoms with E-state index in [-0.39, 0.29) is 0 Å². The molecule has 2 aromatic carbocycles. The van der Waals surface area contributed by atoms with Gasteiger partial charge in [-0.2, -0.15) is 0 Å². The molecule has 0 heterocycles. The van der Waals surface area contributed by atoms with Gasteiger partial charge in [-0.25, -0.2) is 0 Å². The molecule has 0 unspecified atom stereocenters. The van der Waals surface area contributed by atoms with E-state index >= 15 is 0 Å². The zero-order chi connectivity index (χ0) is 14.2. The van der Waals surface area contributed by atoms with E-state index in [1.54, 1.807) is 13.2 Å². The molecule has 4 nitrogen and oxygen atoms in total. The van der Waals surface area contributed by atoms with E-state index in [4.69, 9.17) is 19.9 Å². The molecular formula is C16H19NO3. The monoisotopic (exact) mass is 273 g/mol. The lowest BCUT2D eigenvalue weighted by molar-refractivity contribution is 0.146. The topological polar surface area (TPSA) is 53.7 Å². The molecule has 0 bridgehead atoms. The summed E-state index contributed by atoms with van der Waals surface area (Å²) in [4.78, 5) is 0. The fourth-order valence-electron chi connectivity index (χ4n) is 1.73. The lowest BCUT2D eigenvalue weighted by Crippen LogP contribution is -2.05. The minimum atomic E-state index is 0.495. The van der Waals surface area contributed by atoms with E-state index in [0.717, 1.165) is 5.56 Å². The molecule has 0 radical (unpaired) electrons. The van der Waals surface area contributed by atoms with Gasteiger partial charge in [0.25, 0.3) is 0 Å². The van der Waals surface area contributed by atoms with Crippen LogP contribution in [0, 0.1) is 0 Å². The van der Waals surface area contributed by atoms with E-state index < -0.39 is 0 Å². The van der Waals surface area contributed by atoms with Gasteiger partial charge >= 0.3 is 0 Å². The second-order valence-corrected chi connectivity index (χ2v) is 4.32. The Balaban J connectivity index is 1.92. The van der Waals surface area contributed by atoms with E-state index in [9.17, 15) is 0 Å². The van der Waals surface area contributed by atoms with Crippen molar-refractivity contribution < 1.29 is 14.2 Å². The quantitative estimate of drug-likeness (QED) is 0.622. The normalized spacial score (nSPS) is 10.2. The van der Waals surface area contributed by atoms with Gasteiger partial charge in [-0.05, 0) is 17.7 Å². The molecule has 0 fully saturated rings. The van der Waals surface area contributed by atoms with Crippen molar-refractivity contribution in [2.75, 3.05) is 26.1 Å². The third-order valence-electron chi connectivity index (χ3n) is 2.77. The standard InChI is InChI=1S/C16H19NO3/c1-18-9-10-19-14-7-8-16(15(17)11-14)20-12-13-5-3-2-4-6-13/h2-8,11H,9-10,12,17H2,1H3. The average Bonchev–Trinajstić information content (AvgIpc) is 2.48. The van der Waals surface area contributed by atoms with E-state index in [0.29, 0.717) is 37.0 Å². The highest BCUT2D eigenvalue weighted by Crippen LogP contribution is 2.27. The molecule has 0 aliphatic carbocycles. The number of nitrogen functional groups attached to an aromatic ring is 1. The molecule has 106 valence electrons. The van der Waals surface area contributed by atoms with Gasteiger partial charge in [-0.1, -0.05) is 30.3 Å². The summed E-state index contributed by atoms with van der Waals surface area (Å²) in [6.45, 7) is 1.54. The van der Waals surface area contributed by atoms with Crippen molar-refractivity contribution in [3.63, 3.8) is 0 Å². The van der Waals surface area contributed by atoms with Crippen LogP contribution in [0.3, 0.4) is 0 Å². The van der Waals surface area contributed by atoms with Crippen LogP contribution in [0.25, 0.3) is 0 Å². The Morgan fingerprint density at radius 2 is 1.75 bits per heavy atom. The summed E-state index contributed by atoms with van der Waals surface area (Å²) < 4.78 is 16.1. The van der Waals surface area contributed by atoms with Gasteiger partial charge in [0.15, 0.2) is 0 Å². The summed E-state index contributed by atoms with van der Waals surface area (Å²) in [7, 11) is 1.64. The van der Waals surface area contributed by atoms with Gasteiger partial charge < -0.3 is 19.9 Å². The second-order valence-electron chi connectivity index (χ2n) is 4.32. The number of nitrogens with two attached hydrogens (primary N) is 1. The van der Waals surface area contributed by atoms with Gasteiger partial charge in [0, 0.05) is 13.2 Å². The molecule has 0 saturated carbocycles. The molecule has 20 heavy (non-hydrogen) atoms. The van der Waals surface area contributed by atoms with Crippen molar-refractivity contribution in [3.8, 4) is 11.5 Å². The van der Waals surface area contributed by atoms with Gasteiger partial charge in [-0.15, -0.1) is 0 Å². The van der Waals surface area contributed by atoms with Crippen LogP contribution < -0.4 is 15.2 Å². The third-order valence-corrected chi connectivity index (χ3v) is 2.77. The van der Waals surface area contributed by atoms with Crippen LogP contribution in [0.15, 0.2) is 48.5 Å². The van der Waals surface area contributed by atoms with Crippen LogP contribution in [-0.4, -0.2) is 20.3 Å². The van der Waals surface area contributed by atoms with Crippen molar-refractivity contribution in [2.24, 2.45) is 0 Å². The van der Waals surface area contributed by atoms with Crippen molar-refractivity contribution in [1.29, 1.82) is 0 Å². The number of hydrogen-bond acceptors (Lipinski definition) is 4. The molecule has 0 atom stereocenters. The first-order valence-corrected chi connectivity index (χ1v) is 6.47. The number of rotatable bonds is 7. The van der Waals surface area contributed by atoms with Crippen molar-refractivity contribution in [1.82, 2.24) is 0 Å². The van der Waals surface area contributed by atoms with Crippen LogP contribution in [0.2, 0.25) is 0 Å². The highest BCUT2D eigenvalue weighted by molar-refractivity contribution is 5.56. The Hall–Kier alpha value is -2.20. The van der Waals surface area contributed by atoms with Crippen LogP contribution in [0.5, 0.6) is 11.5 Å². The molecule has 0 aromatic heterocycles. The third kappa shape index (κ3) is 4.17. The van der Waals surface area contributed by atoms with Crippen molar-refractivity contribution in [3.05, 3.63) is 54.1 Å². The second kappa shape index (κ2) is 7.40. The minimum absolute atomic E-state index is 0.495. The SMILES string of the molecule is COCCOc1ccc(OCc2ccccc2)c(N)c1. The van der Waals surface area contributed by atoms with E-state index in [2.05, 4.69) is 0 Å². The Morgan fingerprint density at radius 3 is 2.45 bits per heavy atom. The van der Waals surface area contributed by atoms with Crippen LogP contribution >= 0.6 is 0 Å². The van der Waals surface area contributed by atoms with E-state index in [1.807, 2.05) is 42.5 Å². The smallest absolute Gasteiger partial charge is 0.142 e. The molecule has 2 rings (SSSR count). The zero-order valence-electron chi connectivity index (χ0n) is 11.5. The molecule has 0 saturated heterocycles. The van der Waals surface area contributed by atoms with Crippen molar-refractivity contribution in [2.45, 2.75) is 6.61 Å². The molecule has 2 aromatic rings. The fraction of sp³-hybridized carbons (Fsp3) is 0.250. The molecule has 0 aliphatic rings. The van der Waals surface area contributed by atoms with Crippen LogP contribution in [0.4, 0.5) is 5.69 Å². The molecule has 0 amide bonds. The van der Waals surface area contributed by atoms with Crippen LogP contribution in [-0.2, 0) is 11.3 Å². The number of methoxy groups -OCH3 is 1. The lowest BCUT2D eigenvalue weighted by atomic mass is 10.2. The highest BCUT2D eigenvalue weighted by atomic mass is 16.5. The highest BCUT2D eigenvalue weighted by Gasteiger charge is 2.03. The van der Waals surface area contributed by atoms with Gasteiger partial charge in [0.1, 0.15) is 24.7 Å². The number of benzene rings is 2. The molecule has 4 heteroatoms. The largest absolute Gasteiger partial charge is 0.491 e. The fourth-order valence-corrected chi connectivity index (χ4v) is 1.73. The predicted molar refractivity (Wildman–Crippen MR) is 79.0 cm³/mol. The Bertz CT molecular complexity index is 529. The van der Waals surface area contributed by atoms with Crippen molar-refractivity contribution >= 4 is 5.69 Å². The summed E-state index contributed by atoms with van der Waals surface area (Å²) in [5.74, 6) is 1.37. The molecule has 0 spiro atoms. The van der Waals surface area contributed by atoms with Gasteiger partial charge in [0.05, 0.1) is 12.3 Å². The maximum absolute atomic E-state index is 5.95. The summed E-state index contributed by atoms with van der Waals surface area (Å²) in [6, 6.07) is 15.4. The summed E-state index contributed by atoms with van der Waals surface area (Å²) in [6.07, 6.45) is 0. The predicted octanol–water partition coefficient (Wildman–Crippen LogP) is 2.87. The lowest BCUT2D eigenvalue weighted by Gasteiger charge is -2.11. The van der Waals surface area contributed by atoms with Gasteiger partial charge in [-0.3, -0.25) is 0 Å². The summed E-state index contributed by atoms with van der Waals surface area (Å²) in [5, 5.41) is 0. The number of anilines is 1. The first-order chi connectivity index (χ1) is 9.79. The summed E-state index contributed by atoms with van der Waals surface area (Å²) >= 11 is 0. The Kier molecular flexibility index (Phi) is 5.26. The first kappa shape index (κ1) is 14.2. The maximum atomic E-state index is 5.95. The Labute approximate surface area is 119 Å². The Morgan fingerprint density at radius 1 is 0.950 bits per heavy atom.